The molecule has 0 radical (unpaired) electrons. The van der Waals surface area contributed by atoms with Gasteiger partial charge in [0.1, 0.15) is 18.5 Å². The van der Waals surface area contributed by atoms with E-state index in [1.54, 1.807) is 18.9 Å². The smallest absolute Gasteiger partial charge is 0.132 e. The molecule has 6 nitrogen and oxygen atoms in total. The molecule has 3 aromatic rings. The van der Waals surface area contributed by atoms with E-state index in [1.807, 2.05) is 12.3 Å². The number of aromatic nitrogens is 4. The first-order chi connectivity index (χ1) is 10.9. The van der Waals surface area contributed by atoms with Gasteiger partial charge in [-0.2, -0.15) is 0 Å². The number of fused-ring (bicyclic) bond motifs is 1. The number of benzene rings is 1. The summed E-state index contributed by atoms with van der Waals surface area (Å²) in [5, 5.41) is 1.08. The summed E-state index contributed by atoms with van der Waals surface area (Å²) in [6, 6.07) is 8.32. The number of rotatable bonds is 2. The Morgan fingerprint density at radius 3 is 2.45 bits per heavy atom. The van der Waals surface area contributed by atoms with Crippen LogP contribution in [0, 0.1) is 0 Å². The van der Waals surface area contributed by atoms with Gasteiger partial charge in [0.25, 0.3) is 0 Å². The lowest BCUT2D eigenvalue weighted by Crippen LogP contribution is -2.46. The largest absolute Gasteiger partial charge is 0.368 e. The van der Waals surface area contributed by atoms with Crippen molar-refractivity contribution < 1.29 is 0 Å². The molecule has 2 aromatic heterocycles. The van der Waals surface area contributed by atoms with Crippen LogP contribution in [0.5, 0.6) is 0 Å². The maximum Gasteiger partial charge on any atom is 0.132 e. The van der Waals surface area contributed by atoms with Crippen molar-refractivity contribution in [3.8, 4) is 0 Å². The molecule has 0 N–H and O–H groups in total. The molecule has 0 amide bonds. The zero-order chi connectivity index (χ0) is 14.8. The van der Waals surface area contributed by atoms with Gasteiger partial charge in [0, 0.05) is 49.6 Å². The zero-order valence-electron chi connectivity index (χ0n) is 12.1. The minimum atomic E-state index is 0.959. The van der Waals surface area contributed by atoms with Gasteiger partial charge in [0.15, 0.2) is 0 Å². The van der Waals surface area contributed by atoms with Gasteiger partial charge in [-0.15, -0.1) is 0 Å². The predicted octanol–water partition coefficient (Wildman–Crippen LogP) is 1.75. The third-order valence-electron chi connectivity index (χ3n) is 4.02. The van der Waals surface area contributed by atoms with E-state index in [2.05, 4.69) is 47.9 Å². The lowest BCUT2D eigenvalue weighted by atomic mass is 10.2. The first-order valence-electron chi connectivity index (χ1n) is 7.36. The van der Waals surface area contributed by atoms with Crippen molar-refractivity contribution in [2.75, 3.05) is 36.0 Å². The summed E-state index contributed by atoms with van der Waals surface area (Å²) in [4.78, 5) is 21.3. The van der Waals surface area contributed by atoms with Gasteiger partial charge in [-0.3, -0.25) is 0 Å². The van der Waals surface area contributed by atoms with Crippen molar-refractivity contribution in [1.29, 1.82) is 0 Å². The molecule has 4 rings (SSSR count). The second-order valence-electron chi connectivity index (χ2n) is 5.31. The molecule has 110 valence electrons. The molecular formula is C16H16N6. The number of piperazine rings is 1. The van der Waals surface area contributed by atoms with Crippen molar-refractivity contribution in [3.63, 3.8) is 0 Å². The highest BCUT2D eigenvalue weighted by atomic mass is 15.3. The summed E-state index contributed by atoms with van der Waals surface area (Å²) < 4.78 is 0. The molecule has 0 atom stereocenters. The highest BCUT2D eigenvalue weighted by molar-refractivity contribution is 5.81. The topological polar surface area (TPSA) is 58.0 Å². The van der Waals surface area contributed by atoms with Crippen LogP contribution in [-0.4, -0.2) is 46.1 Å². The molecule has 1 aromatic carbocycles. The Balaban J connectivity index is 1.50. The van der Waals surface area contributed by atoms with Crippen molar-refractivity contribution in [1.82, 2.24) is 19.9 Å². The Hall–Kier alpha value is -2.76. The predicted molar refractivity (Wildman–Crippen MR) is 86.0 cm³/mol. The summed E-state index contributed by atoms with van der Waals surface area (Å²) in [6.07, 6.45) is 6.84. The minimum absolute atomic E-state index is 0.959. The van der Waals surface area contributed by atoms with Crippen LogP contribution < -0.4 is 9.80 Å². The normalized spacial score (nSPS) is 15.3. The highest BCUT2D eigenvalue weighted by Crippen LogP contribution is 2.22. The van der Waals surface area contributed by atoms with Gasteiger partial charge >= 0.3 is 0 Å². The van der Waals surface area contributed by atoms with Crippen LogP contribution >= 0.6 is 0 Å². The fourth-order valence-corrected chi connectivity index (χ4v) is 2.83. The van der Waals surface area contributed by atoms with Gasteiger partial charge in [-0.05, 0) is 24.3 Å². The van der Waals surface area contributed by atoms with Crippen LogP contribution in [0.3, 0.4) is 0 Å². The van der Waals surface area contributed by atoms with Crippen LogP contribution in [0.2, 0.25) is 0 Å². The van der Waals surface area contributed by atoms with Crippen molar-refractivity contribution in [2.45, 2.75) is 0 Å². The summed E-state index contributed by atoms with van der Waals surface area (Å²) in [5.74, 6) is 1.00. The van der Waals surface area contributed by atoms with Crippen molar-refractivity contribution >= 4 is 22.4 Å². The maximum atomic E-state index is 4.32. The van der Waals surface area contributed by atoms with Crippen LogP contribution in [0.1, 0.15) is 0 Å². The fourth-order valence-electron chi connectivity index (χ4n) is 2.83. The van der Waals surface area contributed by atoms with E-state index in [-0.39, 0.29) is 0 Å². The van der Waals surface area contributed by atoms with Gasteiger partial charge in [-0.1, -0.05) is 0 Å². The first-order valence-corrected chi connectivity index (χ1v) is 7.36. The number of hydrogen-bond acceptors (Lipinski definition) is 6. The molecule has 22 heavy (non-hydrogen) atoms. The fraction of sp³-hybridized carbons (Fsp3) is 0.250. The zero-order valence-corrected chi connectivity index (χ0v) is 12.1. The minimum Gasteiger partial charge on any atom is -0.368 e. The summed E-state index contributed by atoms with van der Waals surface area (Å²) in [5.41, 5.74) is 2.21. The molecule has 1 aliphatic heterocycles. The molecular weight excluding hydrogens is 276 g/mol. The molecule has 3 heterocycles. The van der Waals surface area contributed by atoms with Gasteiger partial charge in [-0.25, -0.2) is 19.9 Å². The second-order valence-corrected chi connectivity index (χ2v) is 5.31. The van der Waals surface area contributed by atoms with Crippen LogP contribution in [0.25, 0.3) is 10.9 Å². The summed E-state index contributed by atoms with van der Waals surface area (Å²) in [7, 11) is 0. The average Bonchev–Trinajstić information content (AvgIpc) is 2.62. The molecule has 6 heteroatoms. The monoisotopic (exact) mass is 292 g/mol. The summed E-state index contributed by atoms with van der Waals surface area (Å²) in [6.45, 7) is 3.87. The second kappa shape index (κ2) is 5.55. The standard InChI is InChI=1S/C16H16N6/c1-2-15-13(10-18-12-19-15)9-14(1)21-5-7-22(8-6-21)16-3-4-17-11-20-16/h1-4,9-12H,5-8H2. The third-order valence-corrected chi connectivity index (χ3v) is 4.02. The lowest BCUT2D eigenvalue weighted by Gasteiger charge is -2.36. The molecule has 0 aliphatic carbocycles. The van der Waals surface area contributed by atoms with E-state index < -0.39 is 0 Å². The summed E-state index contributed by atoms with van der Waals surface area (Å²) >= 11 is 0. The SMILES string of the molecule is c1cc(N2CCN(c3ccc4ncncc4c3)CC2)ncn1. The van der Waals surface area contributed by atoms with E-state index in [0.29, 0.717) is 0 Å². The van der Waals surface area contributed by atoms with Gasteiger partial charge < -0.3 is 9.80 Å². The lowest BCUT2D eigenvalue weighted by molar-refractivity contribution is 0.647. The Bertz CT molecular complexity index is 768. The number of anilines is 2. The highest BCUT2D eigenvalue weighted by Gasteiger charge is 2.18. The van der Waals surface area contributed by atoms with Gasteiger partial charge in [0.2, 0.25) is 0 Å². The van der Waals surface area contributed by atoms with Crippen molar-refractivity contribution in [3.05, 3.63) is 49.3 Å². The number of hydrogen-bond donors (Lipinski definition) is 0. The van der Waals surface area contributed by atoms with Crippen LogP contribution in [-0.2, 0) is 0 Å². The van der Waals surface area contributed by atoms with Crippen LogP contribution in [0.15, 0.2) is 49.3 Å². The van der Waals surface area contributed by atoms with Gasteiger partial charge in [0.05, 0.1) is 5.52 Å². The van der Waals surface area contributed by atoms with Crippen molar-refractivity contribution in [2.24, 2.45) is 0 Å². The molecule has 1 saturated heterocycles. The average molecular weight is 292 g/mol. The molecule has 1 fully saturated rings. The van der Waals surface area contributed by atoms with E-state index in [0.717, 1.165) is 42.9 Å². The van der Waals surface area contributed by atoms with E-state index in [9.17, 15) is 0 Å². The van der Waals surface area contributed by atoms with E-state index in [4.69, 9.17) is 0 Å². The third kappa shape index (κ3) is 2.43. The maximum absolute atomic E-state index is 4.32. The quantitative estimate of drug-likeness (QED) is 0.717. The van der Waals surface area contributed by atoms with E-state index in [1.165, 1.54) is 5.69 Å². The molecule has 0 spiro atoms. The molecule has 0 bridgehead atoms. The molecule has 0 saturated carbocycles. The Morgan fingerprint density at radius 1 is 0.818 bits per heavy atom. The Kier molecular flexibility index (Phi) is 3.27. The molecule has 1 aliphatic rings. The Morgan fingerprint density at radius 2 is 1.64 bits per heavy atom. The molecule has 0 unspecified atom stereocenters. The number of nitrogens with zero attached hydrogens (tertiary/aromatic N) is 6. The van der Waals surface area contributed by atoms with Crippen LogP contribution in [0.4, 0.5) is 11.5 Å². The first kappa shape index (κ1) is 12.9. The Labute approximate surface area is 128 Å². The van der Waals surface area contributed by atoms with E-state index >= 15 is 0 Å².